The molecule has 1 aromatic carbocycles. The summed E-state index contributed by atoms with van der Waals surface area (Å²) in [5, 5.41) is 3.81. The number of halogens is 1. The van der Waals surface area contributed by atoms with Crippen LogP contribution >= 0.6 is 24.2 Å². The van der Waals surface area contributed by atoms with Crippen LogP contribution in [0, 0.1) is 0 Å². The summed E-state index contributed by atoms with van der Waals surface area (Å²) in [5.74, 6) is 1.25. The molecule has 1 aliphatic rings. The van der Waals surface area contributed by atoms with Crippen LogP contribution < -0.4 is 11.1 Å². The van der Waals surface area contributed by atoms with Gasteiger partial charge in [-0.2, -0.15) is 11.8 Å². The maximum absolute atomic E-state index is 12.2. The van der Waals surface area contributed by atoms with Gasteiger partial charge in [0, 0.05) is 17.0 Å². The maximum Gasteiger partial charge on any atom is 0.224 e. The first-order valence-electron chi connectivity index (χ1n) is 7.44. The summed E-state index contributed by atoms with van der Waals surface area (Å²) < 4.78 is 0. The van der Waals surface area contributed by atoms with Crippen molar-refractivity contribution in [2.75, 3.05) is 11.5 Å². The van der Waals surface area contributed by atoms with E-state index in [2.05, 4.69) is 12.2 Å². The lowest BCUT2D eigenvalue weighted by Crippen LogP contribution is -2.44. The van der Waals surface area contributed by atoms with Gasteiger partial charge in [-0.1, -0.05) is 31.9 Å². The second kappa shape index (κ2) is 9.21. The Labute approximate surface area is 137 Å². The highest BCUT2D eigenvalue weighted by molar-refractivity contribution is 7.99. The van der Waals surface area contributed by atoms with E-state index in [1.54, 1.807) is 0 Å². The molecule has 3 N–H and O–H groups in total. The Kier molecular flexibility index (Phi) is 7.97. The minimum absolute atomic E-state index is 0. The third-order valence-corrected chi connectivity index (χ3v) is 5.10. The molecular weight excluding hydrogens is 304 g/mol. The zero-order valence-electron chi connectivity index (χ0n) is 12.5. The molecule has 2 rings (SSSR count). The highest BCUT2D eigenvalue weighted by atomic mass is 35.5. The minimum atomic E-state index is 0. The van der Waals surface area contributed by atoms with E-state index >= 15 is 0 Å². The number of hydrogen-bond donors (Lipinski definition) is 2. The topological polar surface area (TPSA) is 55.1 Å². The molecule has 1 aliphatic carbocycles. The monoisotopic (exact) mass is 328 g/mol. The van der Waals surface area contributed by atoms with Crippen LogP contribution in [0.4, 0.5) is 5.69 Å². The normalized spacial score (nSPS) is 21.4. The average molecular weight is 329 g/mol. The summed E-state index contributed by atoms with van der Waals surface area (Å²) in [6, 6.07) is 7.88. The van der Waals surface area contributed by atoms with E-state index in [1.165, 1.54) is 19.3 Å². The van der Waals surface area contributed by atoms with Gasteiger partial charge in [0.25, 0.3) is 0 Å². The number of amides is 1. The number of thioether (sulfide) groups is 1. The van der Waals surface area contributed by atoms with Gasteiger partial charge in [0.15, 0.2) is 0 Å². The van der Waals surface area contributed by atoms with Gasteiger partial charge in [-0.25, -0.2) is 0 Å². The van der Waals surface area contributed by atoms with Crippen LogP contribution in [-0.2, 0) is 11.2 Å². The molecule has 21 heavy (non-hydrogen) atoms. The van der Waals surface area contributed by atoms with Crippen molar-refractivity contribution in [3.8, 4) is 0 Å². The lowest BCUT2D eigenvalue weighted by atomic mass is 9.94. The van der Waals surface area contributed by atoms with Gasteiger partial charge in [-0.05, 0) is 36.3 Å². The second-order valence-corrected chi connectivity index (χ2v) is 6.89. The smallest absolute Gasteiger partial charge is 0.224 e. The molecular formula is C16H25ClN2OS. The standard InChI is InChI=1S/C16H24N2OS.ClH/c1-2-20-15-6-4-3-5-14(15)18-16(19)11-12-7-9-13(17)10-8-12;/h7-10,14-15H,2-6,11,17H2,1H3,(H,18,19);1H. The molecule has 1 amide bonds. The molecule has 3 nitrogen and oxygen atoms in total. The lowest BCUT2D eigenvalue weighted by molar-refractivity contribution is -0.121. The van der Waals surface area contributed by atoms with Crippen molar-refractivity contribution in [2.45, 2.75) is 50.3 Å². The summed E-state index contributed by atoms with van der Waals surface area (Å²) in [6.45, 7) is 2.19. The van der Waals surface area contributed by atoms with Crippen molar-refractivity contribution in [3.63, 3.8) is 0 Å². The fourth-order valence-electron chi connectivity index (χ4n) is 2.75. The fraction of sp³-hybridized carbons (Fsp3) is 0.562. The Balaban J connectivity index is 0.00000220. The number of nitrogens with two attached hydrogens (primary N) is 1. The number of nitrogen functional groups attached to an aromatic ring is 1. The molecule has 0 bridgehead atoms. The zero-order valence-corrected chi connectivity index (χ0v) is 14.1. The Morgan fingerprint density at radius 3 is 2.62 bits per heavy atom. The molecule has 118 valence electrons. The Bertz CT molecular complexity index is 436. The number of anilines is 1. The lowest BCUT2D eigenvalue weighted by Gasteiger charge is -2.31. The Morgan fingerprint density at radius 2 is 1.95 bits per heavy atom. The largest absolute Gasteiger partial charge is 0.399 e. The average Bonchev–Trinajstić information content (AvgIpc) is 2.44. The second-order valence-electron chi connectivity index (χ2n) is 5.37. The molecule has 0 heterocycles. The first kappa shape index (κ1) is 18.2. The van der Waals surface area contributed by atoms with Gasteiger partial charge in [-0.15, -0.1) is 12.4 Å². The molecule has 2 atom stereocenters. The summed E-state index contributed by atoms with van der Waals surface area (Å²) in [6.07, 6.45) is 5.31. The molecule has 0 saturated heterocycles. The number of rotatable bonds is 5. The van der Waals surface area contributed by atoms with Crippen LogP contribution in [0.25, 0.3) is 0 Å². The van der Waals surface area contributed by atoms with Crippen molar-refractivity contribution < 1.29 is 4.79 Å². The number of benzene rings is 1. The van der Waals surface area contributed by atoms with E-state index in [9.17, 15) is 4.79 Å². The molecule has 5 heteroatoms. The summed E-state index contributed by atoms with van der Waals surface area (Å²) in [7, 11) is 0. The minimum Gasteiger partial charge on any atom is -0.399 e. The van der Waals surface area contributed by atoms with Gasteiger partial charge < -0.3 is 11.1 Å². The first-order chi connectivity index (χ1) is 9.69. The van der Waals surface area contributed by atoms with Crippen molar-refractivity contribution in [2.24, 2.45) is 0 Å². The van der Waals surface area contributed by atoms with E-state index in [1.807, 2.05) is 36.0 Å². The Morgan fingerprint density at radius 1 is 1.29 bits per heavy atom. The number of carbonyl (C=O) groups is 1. The summed E-state index contributed by atoms with van der Waals surface area (Å²) in [4.78, 5) is 12.2. The zero-order chi connectivity index (χ0) is 14.4. The predicted octanol–water partition coefficient (Wildman–Crippen LogP) is 3.41. The van der Waals surface area contributed by atoms with E-state index in [0.29, 0.717) is 17.7 Å². The highest BCUT2D eigenvalue weighted by Crippen LogP contribution is 2.28. The van der Waals surface area contributed by atoms with Gasteiger partial charge in [0.05, 0.1) is 6.42 Å². The molecule has 1 fully saturated rings. The molecule has 0 aliphatic heterocycles. The maximum atomic E-state index is 12.2. The van der Waals surface area contributed by atoms with E-state index in [4.69, 9.17) is 5.73 Å². The molecule has 0 radical (unpaired) electrons. The summed E-state index contributed by atoms with van der Waals surface area (Å²) >= 11 is 1.98. The molecule has 1 saturated carbocycles. The van der Waals surface area contributed by atoms with Crippen LogP contribution in [0.3, 0.4) is 0 Å². The first-order valence-corrected chi connectivity index (χ1v) is 8.49. The SMILES string of the molecule is CCSC1CCCCC1NC(=O)Cc1ccc(N)cc1.Cl. The number of nitrogens with one attached hydrogen (secondary N) is 1. The van der Waals surface area contributed by atoms with Gasteiger partial charge in [0.2, 0.25) is 5.91 Å². The molecule has 1 aromatic rings. The number of hydrogen-bond acceptors (Lipinski definition) is 3. The van der Waals surface area contributed by atoms with Gasteiger partial charge >= 0.3 is 0 Å². The van der Waals surface area contributed by atoms with Crippen molar-refractivity contribution in [1.82, 2.24) is 5.32 Å². The fourth-order valence-corrected chi connectivity index (χ4v) is 3.95. The van der Waals surface area contributed by atoms with E-state index < -0.39 is 0 Å². The van der Waals surface area contributed by atoms with Crippen molar-refractivity contribution in [1.29, 1.82) is 0 Å². The predicted molar refractivity (Wildman–Crippen MR) is 94.1 cm³/mol. The van der Waals surface area contributed by atoms with Crippen LogP contribution in [0.5, 0.6) is 0 Å². The van der Waals surface area contributed by atoms with Crippen molar-refractivity contribution >= 4 is 35.8 Å². The van der Waals surface area contributed by atoms with Crippen LogP contribution in [0.1, 0.15) is 38.2 Å². The van der Waals surface area contributed by atoms with Gasteiger partial charge in [0.1, 0.15) is 0 Å². The number of carbonyl (C=O) groups excluding carboxylic acids is 1. The Hall–Kier alpha value is -0.870. The molecule has 0 aromatic heterocycles. The highest BCUT2D eigenvalue weighted by Gasteiger charge is 2.26. The summed E-state index contributed by atoms with van der Waals surface area (Å²) in [5.41, 5.74) is 7.41. The van der Waals surface area contributed by atoms with E-state index in [-0.39, 0.29) is 18.3 Å². The van der Waals surface area contributed by atoms with Crippen LogP contribution in [0.15, 0.2) is 24.3 Å². The van der Waals surface area contributed by atoms with Gasteiger partial charge in [-0.3, -0.25) is 4.79 Å². The quantitative estimate of drug-likeness (QED) is 0.814. The third-order valence-electron chi connectivity index (χ3n) is 3.77. The van der Waals surface area contributed by atoms with Crippen molar-refractivity contribution in [3.05, 3.63) is 29.8 Å². The molecule has 0 spiro atoms. The molecule has 2 unspecified atom stereocenters. The van der Waals surface area contributed by atoms with E-state index in [0.717, 1.165) is 23.4 Å². The van der Waals surface area contributed by atoms with Crippen LogP contribution in [-0.4, -0.2) is 23.0 Å². The van der Waals surface area contributed by atoms with Crippen LogP contribution in [0.2, 0.25) is 0 Å². The third kappa shape index (κ3) is 5.79.